The minimum absolute atomic E-state index is 0.405. The molecule has 2 N–H and O–H groups in total. The fraction of sp³-hybridized carbons (Fsp3) is 0.167. The van der Waals surface area contributed by atoms with Crippen LogP contribution in [0.4, 0.5) is 15.6 Å². The number of benzene rings is 2. The normalized spacial score (nSPS) is 10.3. The van der Waals surface area contributed by atoms with Crippen molar-refractivity contribution in [1.29, 1.82) is 0 Å². The second kappa shape index (κ2) is 9.24. The zero-order valence-corrected chi connectivity index (χ0v) is 16.4. The van der Waals surface area contributed by atoms with Crippen LogP contribution < -0.4 is 20.1 Å². The number of nitrogens with zero attached hydrogens (tertiary/aromatic N) is 2. The van der Waals surface area contributed by atoms with Gasteiger partial charge in [0.25, 0.3) is 0 Å². The maximum Gasteiger partial charge on any atom is 0.325 e. The molecule has 0 saturated heterocycles. The minimum Gasteiger partial charge on any atom is -0.493 e. The predicted molar refractivity (Wildman–Crippen MR) is 108 cm³/mol. The summed E-state index contributed by atoms with van der Waals surface area (Å²) in [6.45, 7) is 0. The number of carbonyl (C=O) groups is 1. The smallest absolute Gasteiger partial charge is 0.325 e. The minimum atomic E-state index is -0.405. The van der Waals surface area contributed by atoms with E-state index < -0.39 is 6.03 Å². The summed E-state index contributed by atoms with van der Waals surface area (Å²) in [5.41, 5.74) is 1.78. The highest BCUT2D eigenvalue weighted by Crippen LogP contribution is 2.30. The topological polar surface area (TPSA) is 85.4 Å². The Morgan fingerprint density at radius 1 is 1.04 bits per heavy atom. The molecule has 0 unspecified atom stereocenters. The van der Waals surface area contributed by atoms with Gasteiger partial charge in [-0.1, -0.05) is 53.4 Å². The molecule has 1 aromatic heterocycles. The lowest BCUT2D eigenvalue weighted by Crippen LogP contribution is -2.19. The molecule has 0 aliphatic heterocycles. The number of carbonyl (C=O) groups excluding carboxylic acids is 1. The van der Waals surface area contributed by atoms with E-state index in [0.717, 1.165) is 10.1 Å². The number of aromatic nitrogens is 2. The van der Waals surface area contributed by atoms with E-state index in [1.54, 1.807) is 37.1 Å². The number of rotatable bonds is 7. The van der Waals surface area contributed by atoms with Gasteiger partial charge in [0.05, 0.1) is 14.2 Å². The van der Waals surface area contributed by atoms with Crippen LogP contribution in [0.2, 0.25) is 0 Å². The van der Waals surface area contributed by atoms with E-state index >= 15 is 0 Å². The van der Waals surface area contributed by atoms with Crippen LogP contribution in [0.5, 0.6) is 11.5 Å². The van der Waals surface area contributed by atoms with Crippen molar-refractivity contribution in [3.8, 4) is 11.5 Å². The maximum absolute atomic E-state index is 12.2. The molecule has 27 heavy (non-hydrogen) atoms. The predicted octanol–water partition coefficient (Wildman–Crippen LogP) is 4.49. The van der Waals surface area contributed by atoms with Crippen LogP contribution in [0.1, 0.15) is 5.56 Å². The van der Waals surface area contributed by atoms with E-state index in [1.165, 1.54) is 24.0 Å². The highest BCUT2D eigenvalue weighted by molar-refractivity contribution is 8.00. The molecule has 0 atom stereocenters. The largest absolute Gasteiger partial charge is 0.493 e. The highest BCUT2D eigenvalue weighted by Gasteiger charge is 2.11. The van der Waals surface area contributed by atoms with Gasteiger partial charge in [-0.15, -0.1) is 10.2 Å². The van der Waals surface area contributed by atoms with Crippen molar-refractivity contribution in [1.82, 2.24) is 10.2 Å². The van der Waals surface area contributed by atoms with Gasteiger partial charge in [-0.2, -0.15) is 0 Å². The van der Waals surface area contributed by atoms with Gasteiger partial charge < -0.3 is 14.8 Å². The number of nitrogens with one attached hydrogen (secondary N) is 2. The second-order valence-corrected chi connectivity index (χ2v) is 7.50. The lowest BCUT2D eigenvalue weighted by atomic mass is 10.2. The van der Waals surface area contributed by atoms with E-state index in [0.29, 0.717) is 22.3 Å². The number of anilines is 2. The van der Waals surface area contributed by atoms with Crippen LogP contribution in [0.3, 0.4) is 0 Å². The van der Waals surface area contributed by atoms with Crippen molar-refractivity contribution < 1.29 is 14.3 Å². The van der Waals surface area contributed by atoms with E-state index in [4.69, 9.17) is 9.47 Å². The number of ether oxygens (including phenoxy) is 2. The van der Waals surface area contributed by atoms with Crippen LogP contribution in [-0.4, -0.2) is 30.4 Å². The molecule has 3 aromatic rings. The van der Waals surface area contributed by atoms with Crippen molar-refractivity contribution in [2.75, 3.05) is 24.9 Å². The SMILES string of the molecule is COc1ccc(NC(=O)Nc2nnc(SCc3ccccc3)s2)cc1OC. The molecule has 3 rings (SSSR count). The van der Waals surface area contributed by atoms with Crippen molar-refractivity contribution in [3.05, 3.63) is 54.1 Å². The molecular weight excluding hydrogens is 384 g/mol. The van der Waals surface area contributed by atoms with Gasteiger partial charge in [-0.05, 0) is 17.7 Å². The Morgan fingerprint density at radius 3 is 2.56 bits per heavy atom. The molecular formula is C18H18N4O3S2. The molecule has 7 nitrogen and oxygen atoms in total. The molecule has 140 valence electrons. The summed E-state index contributed by atoms with van der Waals surface area (Å²) in [4.78, 5) is 12.2. The van der Waals surface area contributed by atoms with Crippen LogP contribution in [-0.2, 0) is 5.75 Å². The Hall–Kier alpha value is -2.78. The van der Waals surface area contributed by atoms with Gasteiger partial charge >= 0.3 is 6.03 Å². The van der Waals surface area contributed by atoms with Crippen LogP contribution in [0.25, 0.3) is 0 Å². The van der Waals surface area contributed by atoms with Gasteiger partial charge in [0.1, 0.15) is 0 Å². The molecule has 0 aliphatic carbocycles. The van der Waals surface area contributed by atoms with E-state index in [-0.39, 0.29) is 0 Å². The molecule has 2 aromatic carbocycles. The van der Waals surface area contributed by atoms with Gasteiger partial charge in [0.2, 0.25) is 5.13 Å². The first kappa shape index (κ1) is 19.0. The van der Waals surface area contributed by atoms with Crippen molar-refractivity contribution >= 4 is 39.9 Å². The van der Waals surface area contributed by atoms with E-state index in [2.05, 4.69) is 33.0 Å². The summed E-state index contributed by atoms with van der Waals surface area (Å²) in [6.07, 6.45) is 0. The molecule has 1 heterocycles. The van der Waals surface area contributed by atoms with Gasteiger partial charge in [-0.3, -0.25) is 5.32 Å². The third-order valence-electron chi connectivity index (χ3n) is 3.47. The molecule has 0 fully saturated rings. The van der Waals surface area contributed by atoms with Crippen molar-refractivity contribution in [3.63, 3.8) is 0 Å². The standard InChI is InChI=1S/C18H18N4O3S2/c1-24-14-9-8-13(10-15(14)25-2)19-16(23)20-17-21-22-18(27-17)26-11-12-6-4-3-5-7-12/h3-10H,11H2,1-2H3,(H2,19,20,21,23). The summed E-state index contributed by atoms with van der Waals surface area (Å²) >= 11 is 2.91. The number of urea groups is 1. The Bertz CT molecular complexity index is 903. The van der Waals surface area contributed by atoms with E-state index in [1.807, 2.05) is 18.2 Å². The third kappa shape index (κ3) is 5.35. The average molecular weight is 403 g/mol. The fourth-order valence-corrected chi connectivity index (χ4v) is 3.91. The fourth-order valence-electron chi connectivity index (χ4n) is 2.21. The van der Waals surface area contributed by atoms with Crippen LogP contribution in [0.15, 0.2) is 52.9 Å². The lowest BCUT2D eigenvalue weighted by Gasteiger charge is -2.10. The van der Waals surface area contributed by atoms with Crippen molar-refractivity contribution in [2.45, 2.75) is 10.1 Å². The zero-order valence-electron chi connectivity index (χ0n) is 14.8. The number of methoxy groups -OCH3 is 2. The number of thioether (sulfide) groups is 1. The summed E-state index contributed by atoms with van der Waals surface area (Å²) in [5, 5.41) is 13.9. The average Bonchev–Trinajstić information content (AvgIpc) is 3.14. The molecule has 9 heteroatoms. The molecule has 0 bridgehead atoms. The van der Waals surface area contributed by atoms with Gasteiger partial charge in [0.15, 0.2) is 15.8 Å². The summed E-state index contributed by atoms with van der Waals surface area (Å²) in [7, 11) is 3.10. The zero-order chi connectivity index (χ0) is 19.1. The first-order valence-corrected chi connectivity index (χ1v) is 9.78. The molecule has 0 aliphatic rings. The molecule has 0 radical (unpaired) electrons. The molecule has 0 saturated carbocycles. The number of hydrogen-bond donors (Lipinski definition) is 2. The Labute approximate surface area is 165 Å². The monoisotopic (exact) mass is 402 g/mol. The lowest BCUT2D eigenvalue weighted by molar-refractivity contribution is 0.262. The van der Waals surface area contributed by atoms with Crippen molar-refractivity contribution in [2.24, 2.45) is 0 Å². The first-order chi connectivity index (χ1) is 13.2. The Morgan fingerprint density at radius 2 is 1.81 bits per heavy atom. The number of amides is 2. The summed E-state index contributed by atoms with van der Waals surface area (Å²) in [5.74, 6) is 1.92. The van der Waals surface area contributed by atoms with Crippen LogP contribution >= 0.6 is 23.1 Å². The van der Waals surface area contributed by atoms with E-state index in [9.17, 15) is 4.79 Å². The number of hydrogen-bond acceptors (Lipinski definition) is 7. The molecule has 0 spiro atoms. The summed E-state index contributed by atoms with van der Waals surface area (Å²) in [6, 6.07) is 14.8. The third-order valence-corrected chi connectivity index (χ3v) is 5.52. The first-order valence-electron chi connectivity index (χ1n) is 7.98. The second-order valence-electron chi connectivity index (χ2n) is 5.30. The Kier molecular flexibility index (Phi) is 6.50. The van der Waals surface area contributed by atoms with Crippen LogP contribution in [0, 0.1) is 0 Å². The Balaban J connectivity index is 1.54. The molecule has 2 amide bonds. The van der Waals surface area contributed by atoms with Gasteiger partial charge in [-0.25, -0.2) is 4.79 Å². The summed E-state index contributed by atoms with van der Waals surface area (Å²) < 4.78 is 11.2. The highest BCUT2D eigenvalue weighted by atomic mass is 32.2. The quantitative estimate of drug-likeness (QED) is 0.447. The van der Waals surface area contributed by atoms with Gasteiger partial charge in [0, 0.05) is 17.5 Å². The maximum atomic E-state index is 12.2.